The maximum Gasteiger partial charge on any atom is 0.189 e. The van der Waals surface area contributed by atoms with Crippen LogP contribution in [0, 0.1) is 5.92 Å². The van der Waals surface area contributed by atoms with Crippen molar-refractivity contribution in [3.05, 3.63) is 10.7 Å². The number of anilines is 1. The minimum atomic E-state index is 0.505. The molecule has 1 aromatic heterocycles. The molecule has 1 unspecified atom stereocenters. The van der Waals surface area contributed by atoms with Crippen molar-refractivity contribution in [1.29, 1.82) is 0 Å². The van der Waals surface area contributed by atoms with Crippen molar-refractivity contribution < 1.29 is 0 Å². The minimum absolute atomic E-state index is 0.505. The van der Waals surface area contributed by atoms with Gasteiger partial charge in [-0.1, -0.05) is 11.8 Å². The Bertz CT molecular complexity index is 355. The molecule has 1 saturated carbocycles. The standard InChI is InChI=1S/C10H14BrN3S/c1-6(7-3-4-7)13-9-8(11)5-12-10(14-9)15-2/h5-7H,3-4H2,1-2H3,(H,12,13,14). The maximum absolute atomic E-state index is 4.43. The Hall–Kier alpha value is -0.290. The van der Waals surface area contributed by atoms with E-state index in [0.717, 1.165) is 21.4 Å². The number of halogens is 1. The third-order valence-electron chi connectivity index (χ3n) is 2.60. The molecule has 0 amide bonds. The second-order valence-electron chi connectivity index (χ2n) is 3.82. The van der Waals surface area contributed by atoms with Gasteiger partial charge in [-0.25, -0.2) is 9.97 Å². The molecule has 0 aliphatic heterocycles. The van der Waals surface area contributed by atoms with E-state index in [2.05, 4.69) is 38.1 Å². The first-order valence-corrected chi connectivity index (χ1v) is 7.05. The van der Waals surface area contributed by atoms with Gasteiger partial charge in [0.15, 0.2) is 5.16 Å². The molecule has 0 saturated heterocycles. The summed E-state index contributed by atoms with van der Waals surface area (Å²) in [4.78, 5) is 8.62. The van der Waals surface area contributed by atoms with Gasteiger partial charge < -0.3 is 5.32 Å². The van der Waals surface area contributed by atoms with Gasteiger partial charge in [-0.3, -0.25) is 0 Å². The van der Waals surface area contributed by atoms with Crippen LogP contribution >= 0.6 is 27.7 Å². The van der Waals surface area contributed by atoms with Crippen LogP contribution < -0.4 is 5.32 Å². The summed E-state index contributed by atoms with van der Waals surface area (Å²) in [6.07, 6.45) is 6.47. The highest BCUT2D eigenvalue weighted by molar-refractivity contribution is 9.10. The summed E-state index contributed by atoms with van der Waals surface area (Å²) in [5.41, 5.74) is 0. The number of nitrogens with zero attached hydrogens (tertiary/aromatic N) is 2. The average Bonchev–Trinajstić information content (AvgIpc) is 3.04. The van der Waals surface area contributed by atoms with Gasteiger partial charge in [0.05, 0.1) is 4.47 Å². The van der Waals surface area contributed by atoms with Crippen LogP contribution in [0.5, 0.6) is 0 Å². The predicted octanol–water partition coefficient (Wildman–Crippen LogP) is 3.17. The lowest BCUT2D eigenvalue weighted by atomic mass is 10.2. The quantitative estimate of drug-likeness (QED) is 0.682. The predicted molar refractivity (Wildman–Crippen MR) is 67.3 cm³/mol. The first kappa shape index (κ1) is 11.2. The van der Waals surface area contributed by atoms with E-state index < -0.39 is 0 Å². The smallest absolute Gasteiger partial charge is 0.189 e. The van der Waals surface area contributed by atoms with Gasteiger partial charge in [-0.05, 0) is 47.9 Å². The Balaban J connectivity index is 2.11. The lowest BCUT2D eigenvalue weighted by Gasteiger charge is -2.14. The zero-order valence-corrected chi connectivity index (χ0v) is 11.2. The Labute approximate surface area is 103 Å². The molecule has 0 aromatic carbocycles. The van der Waals surface area contributed by atoms with Crippen LogP contribution in [0.15, 0.2) is 15.8 Å². The molecule has 3 nitrogen and oxygen atoms in total. The van der Waals surface area contributed by atoms with E-state index in [1.165, 1.54) is 12.8 Å². The van der Waals surface area contributed by atoms with E-state index in [1.807, 2.05) is 6.26 Å². The van der Waals surface area contributed by atoms with Crippen molar-refractivity contribution >= 4 is 33.5 Å². The summed E-state index contributed by atoms with van der Waals surface area (Å²) < 4.78 is 0.938. The first-order chi connectivity index (χ1) is 7.20. The molecule has 0 radical (unpaired) electrons. The summed E-state index contributed by atoms with van der Waals surface area (Å²) in [6.45, 7) is 2.21. The number of hydrogen-bond donors (Lipinski definition) is 1. The topological polar surface area (TPSA) is 37.8 Å². The van der Waals surface area contributed by atoms with Crippen molar-refractivity contribution in [2.45, 2.75) is 31.0 Å². The van der Waals surface area contributed by atoms with Gasteiger partial charge in [-0.2, -0.15) is 0 Å². The van der Waals surface area contributed by atoms with Crippen LogP contribution in [0.25, 0.3) is 0 Å². The van der Waals surface area contributed by atoms with E-state index in [-0.39, 0.29) is 0 Å². The Morgan fingerprint density at radius 3 is 2.93 bits per heavy atom. The minimum Gasteiger partial charge on any atom is -0.366 e. The van der Waals surface area contributed by atoms with Gasteiger partial charge in [0.25, 0.3) is 0 Å². The third-order valence-corrected chi connectivity index (χ3v) is 3.74. The molecule has 2 rings (SSSR count). The summed E-state index contributed by atoms with van der Waals surface area (Å²) in [5.74, 6) is 1.73. The summed E-state index contributed by atoms with van der Waals surface area (Å²) >= 11 is 5.02. The largest absolute Gasteiger partial charge is 0.366 e. The highest BCUT2D eigenvalue weighted by Gasteiger charge is 2.28. The average molecular weight is 288 g/mol. The van der Waals surface area contributed by atoms with Crippen molar-refractivity contribution in [3.8, 4) is 0 Å². The third kappa shape index (κ3) is 2.84. The van der Waals surface area contributed by atoms with E-state index in [9.17, 15) is 0 Å². The van der Waals surface area contributed by atoms with Crippen LogP contribution in [0.1, 0.15) is 19.8 Å². The SMILES string of the molecule is CSc1ncc(Br)c(NC(C)C2CC2)n1. The monoisotopic (exact) mass is 287 g/mol. The van der Waals surface area contributed by atoms with Gasteiger partial charge >= 0.3 is 0 Å². The number of rotatable bonds is 4. The summed E-state index contributed by atoms with van der Waals surface area (Å²) in [7, 11) is 0. The Kier molecular flexibility index (Phi) is 3.51. The Morgan fingerprint density at radius 2 is 2.33 bits per heavy atom. The fourth-order valence-corrected chi connectivity index (χ4v) is 2.13. The van der Waals surface area contributed by atoms with E-state index in [0.29, 0.717) is 6.04 Å². The fourth-order valence-electron chi connectivity index (χ4n) is 1.48. The molecule has 1 atom stereocenters. The maximum atomic E-state index is 4.43. The second-order valence-corrected chi connectivity index (χ2v) is 5.45. The molecule has 5 heteroatoms. The van der Waals surface area contributed by atoms with Crippen molar-refractivity contribution in [2.75, 3.05) is 11.6 Å². The summed E-state index contributed by atoms with van der Waals surface area (Å²) in [5, 5.41) is 4.24. The number of hydrogen-bond acceptors (Lipinski definition) is 4. The molecule has 1 N–H and O–H groups in total. The van der Waals surface area contributed by atoms with Crippen LogP contribution in [0.4, 0.5) is 5.82 Å². The number of aromatic nitrogens is 2. The van der Waals surface area contributed by atoms with E-state index >= 15 is 0 Å². The highest BCUT2D eigenvalue weighted by Crippen LogP contribution is 2.34. The molecule has 0 spiro atoms. The lowest BCUT2D eigenvalue weighted by Crippen LogP contribution is -2.18. The highest BCUT2D eigenvalue weighted by atomic mass is 79.9. The van der Waals surface area contributed by atoms with E-state index in [1.54, 1.807) is 18.0 Å². The van der Waals surface area contributed by atoms with Gasteiger partial charge in [0.2, 0.25) is 0 Å². The van der Waals surface area contributed by atoms with Crippen LogP contribution in [-0.4, -0.2) is 22.3 Å². The van der Waals surface area contributed by atoms with Gasteiger partial charge in [0, 0.05) is 12.2 Å². The molecular formula is C10H14BrN3S. The zero-order chi connectivity index (χ0) is 10.8. The molecule has 1 fully saturated rings. The van der Waals surface area contributed by atoms with Crippen molar-refractivity contribution in [3.63, 3.8) is 0 Å². The molecule has 0 bridgehead atoms. The van der Waals surface area contributed by atoms with Crippen LogP contribution in [0.2, 0.25) is 0 Å². The number of thioether (sulfide) groups is 1. The molecular weight excluding hydrogens is 274 g/mol. The number of nitrogens with one attached hydrogen (secondary N) is 1. The van der Waals surface area contributed by atoms with Crippen molar-refractivity contribution in [1.82, 2.24) is 9.97 Å². The molecule has 1 aliphatic rings. The fraction of sp³-hybridized carbons (Fsp3) is 0.600. The second kappa shape index (κ2) is 4.70. The van der Waals surface area contributed by atoms with Crippen LogP contribution in [-0.2, 0) is 0 Å². The van der Waals surface area contributed by atoms with Crippen LogP contribution in [0.3, 0.4) is 0 Å². The molecule has 15 heavy (non-hydrogen) atoms. The van der Waals surface area contributed by atoms with Crippen molar-refractivity contribution in [2.24, 2.45) is 5.92 Å². The molecule has 1 aromatic rings. The molecule has 1 aliphatic carbocycles. The lowest BCUT2D eigenvalue weighted by molar-refractivity contribution is 0.687. The summed E-state index contributed by atoms with van der Waals surface area (Å²) in [6, 6.07) is 0.505. The zero-order valence-electron chi connectivity index (χ0n) is 8.83. The molecule has 1 heterocycles. The molecule has 82 valence electrons. The van der Waals surface area contributed by atoms with E-state index in [4.69, 9.17) is 0 Å². The van der Waals surface area contributed by atoms with Gasteiger partial charge in [-0.15, -0.1) is 0 Å². The first-order valence-electron chi connectivity index (χ1n) is 5.03. The Morgan fingerprint density at radius 1 is 1.60 bits per heavy atom. The normalized spacial score (nSPS) is 17.5. The van der Waals surface area contributed by atoms with Gasteiger partial charge in [0.1, 0.15) is 5.82 Å².